The number of rotatable bonds is 5. The molecule has 0 rings (SSSR count). The van der Waals surface area contributed by atoms with E-state index in [0.29, 0.717) is 6.54 Å². The predicted molar refractivity (Wildman–Crippen MR) is 49.2 cm³/mol. The highest BCUT2D eigenvalue weighted by atomic mass is 19.4. The third-order valence-corrected chi connectivity index (χ3v) is 1.87. The van der Waals surface area contributed by atoms with Gasteiger partial charge in [0.25, 0.3) is 0 Å². The minimum atomic E-state index is -4.42. The summed E-state index contributed by atoms with van der Waals surface area (Å²) < 4.78 is 37.0. The minimum Gasteiger partial charge on any atom is -0.387 e. The molecule has 0 bridgehead atoms. The normalized spacial score (nSPS) is 14.4. The molecule has 0 amide bonds. The van der Waals surface area contributed by atoms with Crippen molar-refractivity contribution in [1.82, 2.24) is 4.90 Å². The van der Waals surface area contributed by atoms with E-state index in [0.717, 1.165) is 6.42 Å². The summed E-state index contributed by atoms with van der Waals surface area (Å²) in [5.41, 5.74) is 4.90. The standard InChI is InChI=1S/C8H16F3N3/c1-3-4-14(2)5-6(7(12)13)8(9,10)11/h6H,3-5H2,1-2H3,(H3,12,13). The van der Waals surface area contributed by atoms with Gasteiger partial charge in [0.15, 0.2) is 0 Å². The van der Waals surface area contributed by atoms with Crippen molar-refractivity contribution in [2.45, 2.75) is 19.5 Å². The Morgan fingerprint density at radius 3 is 2.29 bits per heavy atom. The fraction of sp³-hybridized carbons (Fsp3) is 0.875. The molecule has 0 aliphatic carbocycles. The van der Waals surface area contributed by atoms with Gasteiger partial charge in [-0.2, -0.15) is 13.2 Å². The van der Waals surface area contributed by atoms with Crippen molar-refractivity contribution < 1.29 is 13.2 Å². The summed E-state index contributed by atoms with van der Waals surface area (Å²) in [5, 5.41) is 6.86. The van der Waals surface area contributed by atoms with Crippen molar-refractivity contribution in [2.75, 3.05) is 20.1 Å². The molecule has 0 aromatic carbocycles. The van der Waals surface area contributed by atoms with Crippen molar-refractivity contribution in [3.05, 3.63) is 0 Å². The molecule has 0 aromatic rings. The molecule has 0 aromatic heterocycles. The van der Waals surface area contributed by atoms with Crippen LogP contribution in [0.15, 0.2) is 0 Å². The van der Waals surface area contributed by atoms with Gasteiger partial charge in [-0.05, 0) is 20.0 Å². The van der Waals surface area contributed by atoms with E-state index in [1.54, 1.807) is 7.05 Å². The summed E-state index contributed by atoms with van der Waals surface area (Å²) >= 11 is 0. The van der Waals surface area contributed by atoms with Gasteiger partial charge in [-0.15, -0.1) is 0 Å². The van der Waals surface area contributed by atoms with Gasteiger partial charge >= 0.3 is 6.18 Å². The lowest BCUT2D eigenvalue weighted by Crippen LogP contribution is -2.43. The van der Waals surface area contributed by atoms with Crippen LogP contribution in [0.3, 0.4) is 0 Å². The second-order valence-electron chi connectivity index (χ2n) is 3.31. The Labute approximate surface area is 81.6 Å². The summed E-state index contributed by atoms with van der Waals surface area (Å²) in [6, 6.07) is 0. The van der Waals surface area contributed by atoms with Crippen LogP contribution >= 0.6 is 0 Å². The van der Waals surface area contributed by atoms with Crippen molar-refractivity contribution in [3.8, 4) is 0 Å². The summed E-state index contributed by atoms with van der Waals surface area (Å²) in [5.74, 6) is -2.67. The van der Waals surface area contributed by atoms with Crippen LogP contribution in [0.25, 0.3) is 0 Å². The molecular weight excluding hydrogens is 195 g/mol. The van der Waals surface area contributed by atoms with Gasteiger partial charge in [0.1, 0.15) is 11.8 Å². The molecule has 0 aliphatic rings. The number of nitrogens with two attached hydrogens (primary N) is 1. The summed E-state index contributed by atoms with van der Waals surface area (Å²) in [7, 11) is 1.59. The first-order valence-corrected chi connectivity index (χ1v) is 4.38. The van der Waals surface area contributed by atoms with Crippen LogP contribution in [-0.2, 0) is 0 Å². The third-order valence-electron chi connectivity index (χ3n) is 1.87. The van der Waals surface area contributed by atoms with Crippen molar-refractivity contribution >= 4 is 5.84 Å². The Balaban J connectivity index is 4.32. The first kappa shape index (κ1) is 13.2. The quantitative estimate of drug-likeness (QED) is 0.534. The molecule has 3 N–H and O–H groups in total. The van der Waals surface area contributed by atoms with Gasteiger partial charge in [0.2, 0.25) is 0 Å². The first-order chi connectivity index (χ1) is 6.29. The van der Waals surface area contributed by atoms with Crippen LogP contribution < -0.4 is 5.73 Å². The van der Waals surface area contributed by atoms with Crippen LogP contribution in [0.4, 0.5) is 13.2 Å². The smallest absolute Gasteiger partial charge is 0.387 e. The monoisotopic (exact) mass is 211 g/mol. The van der Waals surface area contributed by atoms with Gasteiger partial charge in [-0.3, -0.25) is 5.41 Å². The highest BCUT2D eigenvalue weighted by Crippen LogP contribution is 2.26. The zero-order valence-electron chi connectivity index (χ0n) is 8.36. The predicted octanol–water partition coefficient (Wildman–Crippen LogP) is 1.44. The van der Waals surface area contributed by atoms with E-state index in [9.17, 15) is 13.2 Å². The van der Waals surface area contributed by atoms with Crippen LogP contribution in [-0.4, -0.2) is 37.0 Å². The van der Waals surface area contributed by atoms with Crippen LogP contribution in [0.2, 0.25) is 0 Å². The average Bonchev–Trinajstić information content (AvgIpc) is 1.98. The molecule has 0 spiro atoms. The molecule has 3 nitrogen and oxygen atoms in total. The zero-order chi connectivity index (χ0) is 11.4. The highest BCUT2D eigenvalue weighted by molar-refractivity contribution is 5.80. The lowest BCUT2D eigenvalue weighted by molar-refractivity contribution is -0.159. The topological polar surface area (TPSA) is 53.1 Å². The Morgan fingerprint density at radius 2 is 2.00 bits per heavy atom. The van der Waals surface area contributed by atoms with Crippen molar-refractivity contribution in [2.24, 2.45) is 11.7 Å². The number of alkyl halides is 3. The van der Waals surface area contributed by atoms with Crippen LogP contribution in [0.5, 0.6) is 0 Å². The largest absolute Gasteiger partial charge is 0.399 e. The molecule has 1 atom stereocenters. The van der Waals surface area contributed by atoms with Crippen LogP contribution in [0.1, 0.15) is 13.3 Å². The summed E-state index contributed by atoms with van der Waals surface area (Å²) in [6.07, 6.45) is -3.65. The molecule has 6 heteroatoms. The third kappa shape index (κ3) is 4.45. The maximum atomic E-state index is 12.3. The van der Waals surface area contributed by atoms with Crippen molar-refractivity contribution in [3.63, 3.8) is 0 Å². The molecule has 0 aliphatic heterocycles. The fourth-order valence-electron chi connectivity index (χ4n) is 1.16. The molecule has 0 radical (unpaired) electrons. The van der Waals surface area contributed by atoms with Crippen molar-refractivity contribution in [1.29, 1.82) is 5.41 Å². The van der Waals surface area contributed by atoms with Crippen LogP contribution in [0, 0.1) is 11.3 Å². The second-order valence-corrected chi connectivity index (χ2v) is 3.31. The number of halogens is 3. The lowest BCUT2D eigenvalue weighted by Gasteiger charge is -2.24. The van der Waals surface area contributed by atoms with E-state index in [4.69, 9.17) is 11.1 Å². The summed E-state index contributed by atoms with van der Waals surface area (Å²) in [6.45, 7) is 2.21. The second kappa shape index (κ2) is 5.19. The maximum Gasteiger partial charge on any atom is 0.399 e. The number of amidine groups is 1. The Hall–Kier alpha value is -0.780. The average molecular weight is 211 g/mol. The maximum absolute atomic E-state index is 12.3. The van der Waals surface area contributed by atoms with E-state index in [-0.39, 0.29) is 6.54 Å². The fourth-order valence-corrected chi connectivity index (χ4v) is 1.16. The van der Waals surface area contributed by atoms with E-state index < -0.39 is 17.9 Å². The Kier molecular flexibility index (Phi) is 4.90. The Bertz CT molecular complexity index is 191. The number of nitrogens with zero attached hydrogens (tertiary/aromatic N) is 1. The minimum absolute atomic E-state index is 0.243. The highest BCUT2D eigenvalue weighted by Gasteiger charge is 2.42. The number of hydrogen-bond acceptors (Lipinski definition) is 2. The first-order valence-electron chi connectivity index (χ1n) is 4.38. The van der Waals surface area contributed by atoms with E-state index in [2.05, 4.69) is 0 Å². The van der Waals surface area contributed by atoms with E-state index in [1.165, 1.54) is 4.90 Å². The number of hydrogen-bond donors (Lipinski definition) is 2. The SMILES string of the molecule is CCCN(C)CC(C(=N)N)C(F)(F)F. The molecule has 84 valence electrons. The van der Waals surface area contributed by atoms with Gasteiger partial charge in [-0.25, -0.2) is 0 Å². The molecular formula is C8H16F3N3. The van der Waals surface area contributed by atoms with Gasteiger partial charge in [-0.1, -0.05) is 6.92 Å². The van der Waals surface area contributed by atoms with Gasteiger partial charge in [0.05, 0.1) is 0 Å². The number of nitrogens with one attached hydrogen (secondary N) is 1. The van der Waals surface area contributed by atoms with E-state index >= 15 is 0 Å². The summed E-state index contributed by atoms with van der Waals surface area (Å²) in [4.78, 5) is 1.53. The Morgan fingerprint density at radius 1 is 1.50 bits per heavy atom. The van der Waals surface area contributed by atoms with Gasteiger partial charge < -0.3 is 10.6 Å². The lowest BCUT2D eigenvalue weighted by atomic mass is 10.1. The molecule has 14 heavy (non-hydrogen) atoms. The molecule has 1 unspecified atom stereocenters. The molecule has 0 fully saturated rings. The zero-order valence-corrected chi connectivity index (χ0v) is 8.36. The molecule has 0 saturated carbocycles. The molecule has 0 heterocycles. The van der Waals surface area contributed by atoms with Gasteiger partial charge in [0, 0.05) is 6.54 Å². The van der Waals surface area contributed by atoms with E-state index in [1.807, 2.05) is 6.92 Å². The molecule has 0 saturated heterocycles.